The Hall–Kier alpha value is -1.30. The maximum absolute atomic E-state index is 2.33. The number of aryl methyl sites for hydroxylation is 1. The van der Waals surface area contributed by atoms with E-state index >= 15 is 0 Å². The summed E-state index contributed by atoms with van der Waals surface area (Å²) in [5, 5.41) is 0. The molecule has 1 aromatic carbocycles. The van der Waals surface area contributed by atoms with Crippen molar-refractivity contribution in [3.05, 3.63) is 53.6 Å². The van der Waals surface area contributed by atoms with E-state index in [0.717, 1.165) is 12.8 Å². The third kappa shape index (κ3) is 4.06. The van der Waals surface area contributed by atoms with Crippen molar-refractivity contribution >= 4 is 5.57 Å². The molecule has 1 rings (SSSR count). The lowest BCUT2D eigenvalue weighted by Crippen LogP contribution is -1.82. The molecule has 0 N–H and O–H groups in total. The minimum Gasteiger partial charge on any atom is -0.0842 e. The Labute approximate surface area is 99.7 Å². The van der Waals surface area contributed by atoms with Gasteiger partial charge in [-0.3, -0.25) is 0 Å². The molecular formula is C16H22. The Morgan fingerprint density at radius 2 is 1.81 bits per heavy atom. The van der Waals surface area contributed by atoms with Gasteiger partial charge < -0.3 is 0 Å². The van der Waals surface area contributed by atoms with Crippen molar-refractivity contribution in [2.75, 3.05) is 0 Å². The van der Waals surface area contributed by atoms with Crippen LogP contribution in [-0.2, 0) is 0 Å². The number of allylic oxidation sites excluding steroid dienone is 4. The highest BCUT2D eigenvalue weighted by Crippen LogP contribution is 2.18. The fourth-order valence-electron chi connectivity index (χ4n) is 1.57. The van der Waals surface area contributed by atoms with E-state index < -0.39 is 0 Å². The first-order valence-corrected chi connectivity index (χ1v) is 6.21. The van der Waals surface area contributed by atoms with Crippen LogP contribution in [0, 0.1) is 6.92 Å². The van der Waals surface area contributed by atoms with Gasteiger partial charge in [-0.1, -0.05) is 68.3 Å². The Kier molecular flexibility index (Phi) is 5.63. The second kappa shape index (κ2) is 7.05. The SMILES string of the molecule is CC/C=C\C(=CCCC)c1ccc(C)cc1. The summed E-state index contributed by atoms with van der Waals surface area (Å²) in [5.74, 6) is 0. The van der Waals surface area contributed by atoms with E-state index in [1.54, 1.807) is 0 Å². The van der Waals surface area contributed by atoms with Crippen LogP contribution in [0.25, 0.3) is 5.57 Å². The highest BCUT2D eigenvalue weighted by atomic mass is 14.0. The Morgan fingerprint density at radius 1 is 1.12 bits per heavy atom. The molecule has 0 spiro atoms. The minimum absolute atomic E-state index is 1.09. The summed E-state index contributed by atoms with van der Waals surface area (Å²) < 4.78 is 0. The van der Waals surface area contributed by atoms with Gasteiger partial charge in [-0.2, -0.15) is 0 Å². The molecule has 0 amide bonds. The van der Waals surface area contributed by atoms with E-state index in [4.69, 9.17) is 0 Å². The largest absolute Gasteiger partial charge is 0.0842 e. The number of hydrogen-bond donors (Lipinski definition) is 0. The summed E-state index contributed by atoms with van der Waals surface area (Å²) in [6.07, 6.45) is 10.2. The fourth-order valence-corrected chi connectivity index (χ4v) is 1.57. The smallest absolute Gasteiger partial charge is 0.0187 e. The molecule has 0 bridgehead atoms. The van der Waals surface area contributed by atoms with Gasteiger partial charge in [0.15, 0.2) is 0 Å². The Balaban J connectivity index is 2.91. The molecule has 0 atom stereocenters. The van der Waals surface area contributed by atoms with Gasteiger partial charge in [-0.05, 0) is 30.9 Å². The fraction of sp³-hybridized carbons (Fsp3) is 0.375. The van der Waals surface area contributed by atoms with Crippen LogP contribution in [0.5, 0.6) is 0 Å². The van der Waals surface area contributed by atoms with Crippen LogP contribution in [0.2, 0.25) is 0 Å². The van der Waals surface area contributed by atoms with Crippen molar-refractivity contribution in [1.82, 2.24) is 0 Å². The van der Waals surface area contributed by atoms with E-state index in [1.165, 1.54) is 23.1 Å². The molecule has 0 fully saturated rings. The van der Waals surface area contributed by atoms with Crippen LogP contribution in [0.4, 0.5) is 0 Å². The van der Waals surface area contributed by atoms with Crippen LogP contribution in [0.1, 0.15) is 44.2 Å². The normalized spacial score (nSPS) is 12.3. The van der Waals surface area contributed by atoms with Crippen LogP contribution in [0.15, 0.2) is 42.5 Å². The number of benzene rings is 1. The van der Waals surface area contributed by atoms with Crippen LogP contribution >= 0.6 is 0 Å². The quantitative estimate of drug-likeness (QED) is 0.595. The molecule has 0 radical (unpaired) electrons. The third-order valence-electron chi connectivity index (χ3n) is 2.57. The molecule has 0 aliphatic carbocycles. The topological polar surface area (TPSA) is 0 Å². The average Bonchev–Trinajstić information content (AvgIpc) is 2.31. The van der Waals surface area contributed by atoms with Gasteiger partial charge in [0.05, 0.1) is 0 Å². The lowest BCUT2D eigenvalue weighted by atomic mass is 10.0. The van der Waals surface area contributed by atoms with Gasteiger partial charge in [0, 0.05) is 0 Å². The zero-order chi connectivity index (χ0) is 11.8. The molecule has 86 valence electrons. The van der Waals surface area contributed by atoms with Crippen molar-refractivity contribution in [3.63, 3.8) is 0 Å². The molecule has 16 heavy (non-hydrogen) atoms. The highest BCUT2D eigenvalue weighted by molar-refractivity contribution is 5.73. The molecule has 0 heteroatoms. The van der Waals surface area contributed by atoms with Gasteiger partial charge in [-0.15, -0.1) is 0 Å². The molecule has 0 aromatic heterocycles. The van der Waals surface area contributed by atoms with Gasteiger partial charge in [0.25, 0.3) is 0 Å². The van der Waals surface area contributed by atoms with Crippen LogP contribution in [-0.4, -0.2) is 0 Å². The summed E-state index contributed by atoms with van der Waals surface area (Å²) in [7, 11) is 0. The summed E-state index contributed by atoms with van der Waals surface area (Å²) >= 11 is 0. The van der Waals surface area contributed by atoms with Crippen molar-refractivity contribution < 1.29 is 0 Å². The standard InChI is InChI=1S/C16H22/c1-4-6-8-15(9-7-5-2)16-12-10-14(3)11-13-16/h6,8-13H,4-5,7H2,1-3H3/b8-6-,15-9?. The second-order valence-corrected chi connectivity index (χ2v) is 4.12. The third-order valence-corrected chi connectivity index (χ3v) is 2.57. The maximum Gasteiger partial charge on any atom is -0.0187 e. The molecule has 0 unspecified atom stereocenters. The van der Waals surface area contributed by atoms with E-state index in [9.17, 15) is 0 Å². The molecule has 1 aromatic rings. The number of hydrogen-bond acceptors (Lipinski definition) is 0. The van der Waals surface area contributed by atoms with E-state index in [2.05, 4.69) is 63.3 Å². The van der Waals surface area contributed by atoms with E-state index in [-0.39, 0.29) is 0 Å². The summed E-state index contributed by atoms with van der Waals surface area (Å²) in [5.41, 5.74) is 3.99. The van der Waals surface area contributed by atoms with Gasteiger partial charge in [0.1, 0.15) is 0 Å². The zero-order valence-electron chi connectivity index (χ0n) is 10.7. The Morgan fingerprint density at radius 3 is 2.38 bits per heavy atom. The highest BCUT2D eigenvalue weighted by Gasteiger charge is 1.96. The van der Waals surface area contributed by atoms with Crippen molar-refractivity contribution in [1.29, 1.82) is 0 Å². The first-order valence-electron chi connectivity index (χ1n) is 6.21. The second-order valence-electron chi connectivity index (χ2n) is 4.12. The average molecular weight is 214 g/mol. The number of rotatable bonds is 5. The minimum atomic E-state index is 1.09. The first-order chi connectivity index (χ1) is 7.77. The molecule has 0 saturated carbocycles. The monoisotopic (exact) mass is 214 g/mol. The lowest BCUT2D eigenvalue weighted by Gasteiger charge is -2.03. The molecule has 0 aliphatic heterocycles. The Bertz CT molecular complexity index is 352. The van der Waals surface area contributed by atoms with Crippen LogP contribution < -0.4 is 0 Å². The van der Waals surface area contributed by atoms with Crippen molar-refractivity contribution in [2.45, 2.75) is 40.0 Å². The molecule has 0 heterocycles. The van der Waals surface area contributed by atoms with Crippen LogP contribution in [0.3, 0.4) is 0 Å². The summed E-state index contributed by atoms with van der Waals surface area (Å²) in [6.45, 7) is 6.51. The molecule has 0 saturated heterocycles. The van der Waals surface area contributed by atoms with Gasteiger partial charge in [-0.25, -0.2) is 0 Å². The van der Waals surface area contributed by atoms with Gasteiger partial charge >= 0.3 is 0 Å². The lowest BCUT2D eigenvalue weighted by molar-refractivity contribution is 0.960. The molecule has 0 aliphatic rings. The predicted molar refractivity (Wildman–Crippen MR) is 73.5 cm³/mol. The molecule has 0 nitrogen and oxygen atoms in total. The predicted octanol–water partition coefficient (Wildman–Crippen LogP) is 5.14. The summed E-state index contributed by atoms with van der Waals surface area (Å²) in [4.78, 5) is 0. The number of unbranched alkanes of at least 4 members (excludes halogenated alkanes) is 1. The molecular weight excluding hydrogens is 192 g/mol. The maximum atomic E-state index is 2.33. The van der Waals surface area contributed by atoms with Crippen molar-refractivity contribution in [3.8, 4) is 0 Å². The zero-order valence-corrected chi connectivity index (χ0v) is 10.7. The van der Waals surface area contributed by atoms with Crippen molar-refractivity contribution in [2.24, 2.45) is 0 Å². The van der Waals surface area contributed by atoms with E-state index in [0.29, 0.717) is 0 Å². The van der Waals surface area contributed by atoms with E-state index in [1.807, 2.05) is 0 Å². The van der Waals surface area contributed by atoms with Gasteiger partial charge in [0.2, 0.25) is 0 Å². The first kappa shape index (κ1) is 12.8. The summed E-state index contributed by atoms with van der Waals surface area (Å²) in [6, 6.07) is 8.76.